The first-order chi connectivity index (χ1) is 29.3. The Morgan fingerprint density at radius 1 is 0.951 bits per heavy atom. The third kappa shape index (κ3) is 9.18. The molecular weight excluding hydrogens is 796 g/mol. The summed E-state index contributed by atoms with van der Waals surface area (Å²) in [5.41, 5.74) is 4.01. The number of alkyl halides is 3. The Labute approximate surface area is 350 Å². The number of anilines is 6. The summed E-state index contributed by atoms with van der Waals surface area (Å²) in [6.07, 6.45) is -1.44. The summed E-state index contributed by atoms with van der Waals surface area (Å²) < 4.78 is 53.0. The van der Waals surface area contributed by atoms with Crippen molar-refractivity contribution < 1.29 is 41.8 Å². The maximum Gasteiger partial charge on any atom is 0.421 e. The number of hydrogen-bond donors (Lipinski definition) is 4. The fraction of sp³-hybridized carbons (Fsp3) is 0.395. The van der Waals surface area contributed by atoms with Crippen molar-refractivity contribution in [2.75, 3.05) is 73.8 Å². The minimum atomic E-state index is -4.78. The molecule has 4 aromatic rings. The van der Waals surface area contributed by atoms with Crippen LogP contribution in [0.15, 0.2) is 60.8 Å². The zero-order chi connectivity index (χ0) is 42.8. The number of carbonyl (C=O) groups excluding carboxylic acids is 4. The maximum atomic E-state index is 14.1. The van der Waals surface area contributed by atoms with E-state index in [2.05, 4.69) is 53.2 Å². The first kappa shape index (κ1) is 41.3. The van der Waals surface area contributed by atoms with Gasteiger partial charge < -0.3 is 35.2 Å². The zero-order valence-electron chi connectivity index (χ0n) is 33.7. The second kappa shape index (κ2) is 17.3. The largest absolute Gasteiger partial charge is 0.494 e. The SMILES string of the molecule is COc1cc(N2CCN(C(=O)CN3CCC(c4ccc(NC5CCC(=O)NC5=O)cc4)CC3)CC2)c(C)cc1Nc1ncc(C(F)(F)F)c(Nc2cccc3c2C(=O)OC3)n1. The van der Waals surface area contributed by atoms with Crippen molar-refractivity contribution in [3.8, 4) is 5.75 Å². The molecule has 0 radical (unpaired) electrons. The van der Waals surface area contributed by atoms with E-state index in [1.165, 1.54) is 18.7 Å². The summed E-state index contributed by atoms with van der Waals surface area (Å²) in [6, 6.07) is 16.1. The summed E-state index contributed by atoms with van der Waals surface area (Å²) >= 11 is 0. The third-order valence-electron chi connectivity index (χ3n) is 11.7. The lowest BCUT2D eigenvalue weighted by molar-refractivity contribution is -0.137. The minimum absolute atomic E-state index is 0.0332. The number of aryl methyl sites for hydroxylation is 1. The zero-order valence-corrected chi connectivity index (χ0v) is 33.7. The van der Waals surface area contributed by atoms with Crippen LogP contribution in [0.1, 0.15) is 64.2 Å². The van der Waals surface area contributed by atoms with E-state index in [9.17, 15) is 32.3 Å². The topological polar surface area (TPSA) is 170 Å². The Balaban J connectivity index is 0.846. The fourth-order valence-corrected chi connectivity index (χ4v) is 8.35. The first-order valence-electron chi connectivity index (χ1n) is 20.2. The summed E-state index contributed by atoms with van der Waals surface area (Å²) in [5, 5.41) is 11.3. The van der Waals surface area contributed by atoms with Crippen LogP contribution in [0.2, 0.25) is 0 Å². The number of piperidine rings is 2. The van der Waals surface area contributed by atoms with Crippen molar-refractivity contribution in [3.05, 3.63) is 88.6 Å². The van der Waals surface area contributed by atoms with Crippen LogP contribution < -0.4 is 30.9 Å². The van der Waals surface area contributed by atoms with Crippen molar-refractivity contribution in [3.63, 3.8) is 0 Å². The van der Waals surface area contributed by atoms with Crippen LogP contribution in [-0.4, -0.2) is 102 Å². The van der Waals surface area contributed by atoms with Gasteiger partial charge in [0.1, 0.15) is 29.8 Å². The second-order valence-electron chi connectivity index (χ2n) is 15.6. The van der Waals surface area contributed by atoms with E-state index >= 15 is 0 Å². The van der Waals surface area contributed by atoms with E-state index in [1.807, 2.05) is 36.1 Å². The van der Waals surface area contributed by atoms with Gasteiger partial charge in [-0.15, -0.1) is 0 Å². The number of rotatable bonds is 11. The number of piperazine rings is 1. The number of cyclic esters (lactones) is 1. The monoisotopic (exact) mass is 841 g/mol. The van der Waals surface area contributed by atoms with E-state index in [1.54, 1.807) is 12.1 Å². The highest BCUT2D eigenvalue weighted by Gasteiger charge is 2.37. The first-order valence-corrected chi connectivity index (χ1v) is 20.2. The Bertz CT molecular complexity index is 2330. The molecule has 1 aromatic heterocycles. The van der Waals surface area contributed by atoms with E-state index in [-0.39, 0.29) is 41.5 Å². The molecule has 320 valence electrons. The lowest BCUT2D eigenvalue weighted by atomic mass is 9.89. The molecule has 3 amide bonds. The average Bonchev–Trinajstić information content (AvgIpc) is 3.63. The number of likely N-dealkylation sites (tertiary alicyclic amines) is 1. The molecule has 18 heteroatoms. The molecule has 1 atom stereocenters. The highest BCUT2D eigenvalue weighted by atomic mass is 19.4. The van der Waals surface area contributed by atoms with Gasteiger partial charge in [0, 0.05) is 61.8 Å². The van der Waals surface area contributed by atoms with E-state index in [0.29, 0.717) is 74.7 Å². The van der Waals surface area contributed by atoms with Crippen molar-refractivity contribution in [2.24, 2.45) is 0 Å². The number of aromatic nitrogens is 2. The summed E-state index contributed by atoms with van der Waals surface area (Å²) in [4.78, 5) is 63.8. The van der Waals surface area contributed by atoms with Crippen molar-refractivity contribution in [2.45, 2.75) is 57.3 Å². The van der Waals surface area contributed by atoms with Crippen LogP contribution in [0.25, 0.3) is 0 Å². The van der Waals surface area contributed by atoms with Gasteiger partial charge in [-0.25, -0.2) is 9.78 Å². The molecule has 0 saturated carbocycles. The molecule has 4 aliphatic heterocycles. The van der Waals surface area contributed by atoms with Gasteiger partial charge in [-0.05, 0) is 80.6 Å². The number of fused-ring (bicyclic) bond motifs is 1. The van der Waals surface area contributed by atoms with Crippen LogP contribution in [0, 0.1) is 6.92 Å². The Hall–Kier alpha value is -6.43. The number of halogens is 3. The highest BCUT2D eigenvalue weighted by molar-refractivity contribution is 6.01. The van der Waals surface area contributed by atoms with Crippen molar-refractivity contribution in [1.29, 1.82) is 0 Å². The quantitative estimate of drug-likeness (QED) is 0.107. The molecule has 4 aliphatic rings. The molecule has 0 aliphatic carbocycles. The summed E-state index contributed by atoms with van der Waals surface area (Å²) in [7, 11) is 1.49. The predicted octanol–water partition coefficient (Wildman–Crippen LogP) is 5.72. The lowest BCUT2D eigenvalue weighted by Crippen LogP contribution is -2.52. The van der Waals surface area contributed by atoms with E-state index < -0.39 is 29.6 Å². The van der Waals surface area contributed by atoms with Crippen LogP contribution in [0.5, 0.6) is 5.75 Å². The number of ether oxygens (including phenoxy) is 2. The Morgan fingerprint density at radius 2 is 1.70 bits per heavy atom. The van der Waals surface area contributed by atoms with Crippen molar-refractivity contribution >= 4 is 58.2 Å². The van der Waals surface area contributed by atoms with Crippen molar-refractivity contribution in [1.82, 2.24) is 25.1 Å². The molecule has 3 fully saturated rings. The molecule has 8 rings (SSSR count). The molecule has 61 heavy (non-hydrogen) atoms. The average molecular weight is 842 g/mol. The molecule has 1 unspecified atom stereocenters. The minimum Gasteiger partial charge on any atom is -0.494 e. The lowest BCUT2D eigenvalue weighted by Gasteiger charge is -2.38. The fourth-order valence-electron chi connectivity index (χ4n) is 8.35. The molecule has 15 nitrogen and oxygen atoms in total. The van der Waals surface area contributed by atoms with Gasteiger partial charge in [0.2, 0.25) is 23.7 Å². The molecule has 4 N–H and O–H groups in total. The smallest absolute Gasteiger partial charge is 0.421 e. The van der Waals surface area contributed by atoms with Gasteiger partial charge in [-0.3, -0.25) is 24.6 Å². The van der Waals surface area contributed by atoms with Gasteiger partial charge >= 0.3 is 12.1 Å². The molecule has 5 heterocycles. The van der Waals surface area contributed by atoms with Crippen LogP contribution in [0.3, 0.4) is 0 Å². The van der Waals surface area contributed by atoms with Crippen LogP contribution in [0.4, 0.5) is 47.7 Å². The van der Waals surface area contributed by atoms with E-state index in [4.69, 9.17) is 9.47 Å². The molecule has 3 aromatic carbocycles. The van der Waals surface area contributed by atoms with Gasteiger partial charge in [0.15, 0.2) is 0 Å². The normalized spacial score (nSPS) is 18.6. The summed E-state index contributed by atoms with van der Waals surface area (Å²) in [5.74, 6) is -0.937. The molecule has 3 saturated heterocycles. The molecule has 0 bridgehead atoms. The van der Waals surface area contributed by atoms with Gasteiger partial charge in [0.05, 0.1) is 30.6 Å². The number of imide groups is 1. The number of amides is 3. The molecule has 0 spiro atoms. The molecular formula is C43H46F3N9O6. The van der Waals surface area contributed by atoms with Gasteiger partial charge in [0.25, 0.3) is 0 Å². The highest BCUT2D eigenvalue weighted by Crippen LogP contribution is 2.39. The van der Waals surface area contributed by atoms with E-state index in [0.717, 1.165) is 42.9 Å². The van der Waals surface area contributed by atoms with Crippen LogP contribution >= 0.6 is 0 Å². The number of esters is 1. The number of nitrogens with zero attached hydrogens (tertiary/aromatic N) is 5. The number of methoxy groups -OCH3 is 1. The number of benzene rings is 3. The third-order valence-corrected chi connectivity index (χ3v) is 11.7. The number of hydrogen-bond acceptors (Lipinski definition) is 13. The maximum absolute atomic E-state index is 14.1. The number of nitrogens with one attached hydrogen (secondary N) is 4. The predicted molar refractivity (Wildman–Crippen MR) is 220 cm³/mol. The standard InChI is InChI=1S/C43H46F3N9O6/c1-25-20-33(50-42-47-22-30(43(44,45)46)39(52-42)49-31-5-3-4-28-24-61-41(59)38(28)31)35(60-2)21-34(25)54-16-18-55(19-17-54)37(57)23-53-14-12-27(13-15-53)26-6-8-29(9-7-26)48-32-10-11-36(56)51-40(32)58/h3-9,20-22,27,32,48H,10-19,23-24H2,1-2H3,(H,51,56,58)(H2,47,49,50,52). The second-order valence-corrected chi connectivity index (χ2v) is 15.6. The Morgan fingerprint density at radius 3 is 2.41 bits per heavy atom. The summed E-state index contributed by atoms with van der Waals surface area (Å²) in [6.45, 7) is 6.24. The Kier molecular flexibility index (Phi) is 11.7. The van der Waals surface area contributed by atoms with Crippen LogP contribution in [-0.2, 0) is 31.9 Å². The number of carbonyl (C=O) groups is 4. The van der Waals surface area contributed by atoms with Gasteiger partial charge in [-0.1, -0.05) is 24.3 Å². The van der Waals surface area contributed by atoms with Gasteiger partial charge in [-0.2, -0.15) is 18.2 Å².